The van der Waals surface area contributed by atoms with Crippen LogP contribution in [0, 0.1) is 17.8 Å². The Morgan fingerprint density at radius 3 is 2.45 bits per heavy atom. The maximum absolute atomic E-state index is 14.6. The zero-order valence-corrected chi connectivity index (χ0v) is 22.6. The Bertz CT molecular complexity index is 1070. The molecule has 0 spiro atoms. The number of Topliss-reactive ketones (excluding diaryl/α,β-unsaturated/α-hetero) is 1. The highest BCUT2D eigenvalue weighted by Gasteiger charge is 2.57. The van der Waals surface area contributed by atoms with Gasteiger partial charge >= 0.3 is 0 Å². The number of amides is 2. The number of ketones is 1. The van der Waals surface area contributed by atoms with Gasteiger partial charge in [0.15, 0.2) is 5.78 Å². The van der Waals surface area contributed by atoms with Gasteiger partial charge in [-0.1, -0.05) is 26.2 Å². The summed E-state index contributed by atoms with van der Waals surface area (Å²) in [5.41, 5.74) is 8.16. The molecule has 0 unspecified atom stereocenters. The van der Waals surface area contributed by atoms with Crippen molar-refractivity contribution in [2.45, 2.75) is 69.9 Å². The van der Waals surface area contributed by atoms with Gasteiger partial charge in [0.25, 0.3) is 0 Å². The van der Waals surface area contributed by atoms with Gasteiger partial charge in [0.2, 0.25) is 11.8 Å². The smallest absolute Gasteiger partial charge is 0.249 e. The van der Waals surface area contributed by atoms with Crippen LogP contribution in [0.1, 0.15) is 73.7 Å². The monoisotopic (exact) mass is 522 g/mol. The minimum atomic E-state index is -0.494. The summed E-state index contributed by atoms with van der Waals surface area (Å²) < 4.78 is 5.96. The van der Waals surface area contributed by atoms with E-state index in [9.17, 15) is 14.4 Å². The normalized spacial score (nSPS) is 29.5. The highest BCUT2D eigenvalue weighted by molar-refractivity contribution is 5.99. The van der Waals surface area contributed by atoms with Crippen molar-refractivity contribution in [1.29, 1.82) is 0 Å². The molecule has 38 heavy (non-hydrogen) atoms. The Balaban J connectivity index is 1.37. The molecule has 8 heteroatoms. The second kappa shape index (κ2) is 10.6. The number of likely N-dealkylation sites (N-methyl/N-ethyl adjacent to an activating group) is 1. The van der Waals surface area contributed by atoms with Gasteiger partial charge in [-0.3, -0.25) is 14.4 Å². The van der Waals surface area contributed by atoms with E-state index >= 15 is 0 Å². The highest BCUT2D eigenvalue weighted by Crippen LogP contribution is 2.48. The molecule has 6 rings (SSSR count). The topological polar surface area (TPSA) is 96.2 Å². The van der Waals surface area contributed by atoms with E-state index in [4.69, 9.17) is 10.5 Å². The third-order valence-corrected chi connectivity index (χ3v) is 9.94. The highest BCUT2D eigenvalue weighted by atomic mass is 16.5. The van der Waals surface area contributed by atoms with Crippen LogP contribution in [0.5, 0.6) is 0 Å². The summed E-state index contributed by atoms with van der Waals surface area (Å²) in [6, 6.07) is 5.39. The molecular weight excluding hydrogens is 480 g/mol. The van der Waals surface area contributed by atoms with Crippen LogP contribution in [0.15, 0.2) is 18.2 Å². The lowest BCUT2D eigenvalue weighted by Crippen LogP contribution is -2.47. The number of benzene rings is 1. The first kappa shape index (κ1) is 25.8. The van der Waals surface area contributed by atoms with Crippen LogP contribution in [0.4, 0.5) is 5.69 Å². The number of anilines is 1. The van der Waals surface area contributed by atoms with E-state index in [-0.39, 0.29) is 36.2 Å². The van der Waals surface area contributed by atoms with Gasteiger partial charge in [-0.2, -0.15) is 0 Å². The van der Waals surface area contributed by atoms with E-state index in [2.05, 4.69) is 22.8 Å². The molecule has 206 valence electrons. The molecule has 2 aliphatic carbocycles. The largest absolute Gasteiger partial charge is 0.369 e. The predicted octanol–water partition coefficient (Wildman–Crippen LogP) is 2.80. The third kappa shape index (κ3) is 4.75. The maximum atomic E-state index is 14.6. The lowest BCUT2D eigenvalue weighted by atomic mass is 9.74. The van der Waals surface area contributed by atoms with Crippen LogP contribution in [0.2, 0.25) is 0 Å². The third-order valence-electron chi connectivity index (χ3n) is 9.94. The second-order valence-electron chi connectivity index (χ2n) is 12.1. The van der Waals surface area contributed by atoms with Crippen LogP contribution in [-0.2, 0) is 14.3 Å². The maximum Gasteiger partial charge on any atom is 0.249 e. The summed E-state index contributed by atoms with van der Waals surface area (Å²) in [7, 11) is 0. The molecule has 5 aliphatic rings. The summed E-state index contributed by atoms with van der Waals surface area (Å²) >= 11 is 0. The number of carbonyl (C=O) groups excluding carboxylic acids is 3. The molecule has 2 N–H and O–H groups in total. The number of hydrogen-bond acceptors (Lipinski definition) is 6. The molecule has 3 saturated heterocycles. The van der Waals surface area contributed by atoms with Crippen molar-refractivity contribution in [3.63, 3.8) is 0 Å². The van der Waals surface area contributed by atoms with Gasteiger partial charge in [-0.15, -0.1) is 0 Å². The molecule has 3 aliphatic heterocycles. The fraction of sp³-hybridized carbons (Fsp3) is 0.700. The molecule has 1 aromatic rings. The SMILES string of the molecule is CCN1CCN(c2ccc(C(N)=O)c([C@@H](C(=O)N3C[C@@H](C4CC4)[C@H]4OCC(=O)[C@H]43)C3CCCCC3)c2)CC1. The number of rotatable bonds is 7. The van der Waals surface area contributed by atoms with E-state index in [1.807, 2.05) is 17.0 Å². The first-order valence-electron chi connectivity index (χ1n) is 14.8. The van der Waals surface area contributed by atoms with Gasteiger partial charge in [-0.25, -0.2) is 0 Å². The number of hydrogen-bond donors (Lipinski definition) is 1. The van der Waals surface area contributed by atoms with Gasteiger partial charge in [0.1, 0.15) is 12.6 Å². The number of nitrogens with zero attached hydrogens (tertiary/aromatic N) is 3. The van der Waals surface area contributed by atoms with Crippen molar-refractivity contribution < 1.29 is 19.1 Å². The van der Waals surface area contributed by atoms with Gasteiger partial charge in [-0.05, 0) is 67.8 Å². The van der Waals surface area contributed by atoms with Gasteiger partial charge < -0.3 is 25.2 Å². The average Bonchev–Trinajstić information content (AvgIpc) is 3.61. The standard InChI is InChI=1S/C30H42N4O4/c1-2-32-12-14-33(15-13-32)21-10-11-22(29(31)36)23(16-21)26(20-6-4-3-5-7-20)30(37)34-17-24(19-8-9-19)28-27(34)25(35)18-38-28/h10-11,16,19-20,24,26-28H,2-9,12-15,17-18H2,1H3,(H2,31,36)/t24-,26-,27+,28+/m0/s1. The Morgan fingerprint density at radius 1 is 1.05 bits per heavy atom. The van der Waals surface area contributed by atoms with Crippen molar-refractivity contribution in [1.82, 2.24) is 9.80 Å². The van der Waals surface area contributed by atoms with Crippen molar-refractivity contribution in [2.75, 3.05) is 50.8 Å². The summed E-state index contributed by atoms with van der Waals surface area (Å²) in [5, 5.41) is 0. The Hall–Kier alpha value is -2.45. The van der Waals surface area contributed by atoms with Crippen LogP contribution in [0.25, 0.3) is 0 Å². The van der Waals surface area contributed by atoms with Gasteiger partial charge in [0.05, 0.1) is 12.0 Å². The minimum absolute atomic E-state index is 0.00986. The van der Waals surface area contributed by atoms with Crippen molar-refractivity contribution >= 4 is 23.3 Å². The molecule has 8 nitrogen and oxygen atoms in total. The number of likely N-dealkylation sites (tertiary alicyclic amines) is 1. The second-order valence-corrected chi connectivity index (χ2v) is 12.1. The first-order valence-corrected chi connectivity index (χ1v) is 14.8. The number of primary amides is 1. The number of carbonyl (C=O) groups is 3. The molecule has 2 saturated carbocycles. The molecule has 1 aromatic carbocycles. The lowest BCUT2D eigenvalue weighted by Gasteiger charge is -2.37. The van der Waals surface area contributed by atoms with E-state index in [0.29, 0.717) is 18.0 Å². The molecule has 0 radical (unpaired) electrons. The molecule has 0 aromatic heterocycles. The van der Waals surface area contributed by atoms with Crippen LogP contribution in [-0.4, -0.2) is 85.4 Å². The van der Waals surface area contributed by atoms with E-state index in [1.165, 1.54) is 6.42 Å². The summed E-state index contributed by atoms with van der Waals surface area (Å²) in [5.74, 6) is -0.0359. The first-order chi connectivity index (χ1) is 18.5. The summed E-state index contributed by atoms with van der Waals surface area (Å²) in [4.78, 5) is 46.9. The van der Waals surface area contributed by atoms with Crippen LogP contribution in [0.3, 0.4) is 0 Å². The number of nitrogens with two attached hydrogens (primary N) is 1. The molecule has 3 heterocycles. The van der Waals surface area contributed by atoms with Gasteiger partial charge in [0, 0.05) is 49.9 Å². The van der Waals surface area contributed by atoms with Crippen molar-refractivity contribution in [2.24, 2.45) is 23.5 Å². The quantitative estimate of drug-likeness (QED) is 0.592. The van der Waals surface area contributed by atoms with Crippen LogP contribution < -0.4 is 10.6 Å². The average molecular weight is 523 g/mol. The molecule has 5 fully saturated rings. The Kier molecular flexibility index (Phi) is 7.20. The number of ether oxygens (including phenoxy) is 1. The summed E-state index contributed by atoms with van der Waals surface area (Å²) in [6.45, 7) is 7.73. The minimum Gasteiger partial charge on any atom is -0.369 e. The molecule has 0 bridgehead atoms. The molecule has 4 atom stereocenters. The number of piperazine rings is 1. The van der Waals surface area contributed by atoms with Crippen molar-refractivity contribution in [3.05, 3.63) is 29.3 Å². The number of fused-ring (bicyclic) bond motifs is 1. The Morgan fingerprint density at radius 2 is 1.79 bits per heavy atom. The fourth-order valence-corrected chi connectivity index (χ4v) is 7.65. The zero-order valence-electron chi connectivity index (χ0n) is 22.6. The zero-order chi connectivity index (χ0) is 26.4. The van der Waals surface area contributed by atoms with E-state index < -0.39 is 17.9 Å². The Labute approximate surface area is 225 Å². The summed E-state index contributed by atoms with van der Waals surface area (Å²) in [6.07, 6.45) is 7.36. The van der Waals surface area contributed by atoms with E-state index in [1.54, 1.807) is 0 Å². The lowest BCUT2D eigenvalue weighted by molar-refractivity contribution is -0.139. The molecule has 2 amide bonds. The van der Waals surface area contributed by atoms with E-state index in [0.717, 1.165) is 82.5 Å². The molecular formula is C30H42N4O4. The fourth-order valence-electron chi connectivity index (χ4n) is 7.65. The van der Waals surface area contributed by atoms with Crippen LogP contribution >= 0.6 is 0 Å². The predicted molar refractivity (Wildman–Crippen MR) is 145 cm³/mol. The van der Waals surface area contributed by atoms with Crippen molar-refractivity contribution in [3.8, 4) is 0 Å².